The van der Waals surface area contributed by atoms with Crippen molar-refractivity contribution in [1.29, 1.82) is 0 Å². The number of nitrogens with zero attached hydrogens (tertiary/aromatic N) is 5. The summed E-state index contributed by atoms with van der Waals surface area (Å²) in [6, 6.07) is 14.1. The highest BCUT2D eigenvalue weighted by Gasteiger charge is 2.16. The van der Waals surface area contributed by atoms with E-state index in [9.17, 15) is 0 Å². The van der Waals surface area contributed by atoms with Crippen LogP contribution >= 0.6 is 11.3 Å². The van der Waals surface area contributed by atoms with Crippen LogP contribution in [0.2, 0.25) is 0 Å². The number of rotatable bonds is 4. The summed E-state index contributed by atoms with van der Waals surface area (Å²) in [5.41, 5.74) is 11.0. The topological polar surface area (TPSA) is 89.9 Å². The third kappa shape index (κ3) is 4.67. The van der Waals surface area contributed by atoms with Crippen molar-refractivity contribution in [3.63, 3.8) is 0 Å². The van der Waals surface area contributed by atoms with Crippen LogP contribution in [0.4, 0.5) is 5.95 Å². The summed E-state index contributed by atoms with van der Waals surface area (Å²) in [5.74, 6) is 0.633. The zero-order valence-corrected chi connectivity index (χ0v) is 18.8. The molecule has 0 saturated heterocycles. The molecule has 2 N–H and O–H groups in total. The molecule has 0 unspecified atom stereocenters. The number of aliphatic imine (C=N–C) groups is 1. The Morgan fingerprint density at radius 3 is 2.45 bits per heavy atom. The van der Waals surface area contributed by atoms with Crippen molar-refractivity contribution in [3.8, 4) is 21.1 Å². The molecule has 7 heteroatoms. The molecule has 0 spiro atoms. The van der Waals surface area contributed by atoms with E-state index in [1.54, 1.807) is 29.9 Å². The molecule has 4 aromatic rings. The van der Waals surface area contributed by atoms with Crippen molar-refractivity contribution >= 4 is 23.1 Å². The molecule has 0 fully saturated rings. The van der Waals surface area contributed by atoms with Crippen molar-refractivity contribution in [3.05, 3.63) is 77.9 Å². The van der Waals surface area contributed by atoms with Crippen LogP contribution in [0, 0.1) is 6.92 Å². The van der Waals surface area contributed by atoms with Gasteiger partial charge in [-0.3, -0.25) is 4.98 Å². The molecule has 156 valence electrons. The number of aromatic nitrogens is 4. The van der Waals surface area contributed by atoms with Crippen molar-refractivity contribution in [2.24, 2.45) is 10.7 Å². The first kappa shape index (κ1) is 20.8. The monoisotopic (exact) mass is 428 g/mol. The van der Waals surface area contributed by atoms with Crippen molar-refractivity contribution in [1.82, 2.24) is 19.9 Å². The molecular weight excluding hydrogens is 404 g/mol. The largest absolute Gasteiger partial charge is 0.383 e. The molecule has 3 heterocycles. The standard InChI is InChI=1S/C24H24N6S/c1-15-20(31-22(28-15)16-7-9-18(10-8-16)24(2,3)4)19-11-13-27-23(29-19)30-21(25)17-6-5-12-26-14-17/h5-14H,1-4H3,(H2,25,27,29,30). The molecule has 0 amide bonds. The lowest BCUT2D eigenvalue weighted by Crippen LogP contribution is -2.13. The number of hydrogen-bond donors (Lipinski definition) is 1. The predicted molar refractivity (Wildman–Crippen MR) is 127 cm³/mol. The number of nitrogens with two attached hydrogens (primary N) is 1. The van der Waals surface area contributed by atoms with E-state index in [1.807, 2.05) is 25.1 Å². The van der Waals surface area contributed by atoms with Gasteiger partial charge in [-0.2, -0.15) is 4.99 Å². The van der Waals surface area contributed by atoms with E-state index in [0.717, 1.165) is 32.4 Å². The second kappa shape index (κ2) is 8.35. The summed E-state index contributed by atoms with van der Waals surface area (Å²) in [5, 5.41) is 0.964. The summed E-state index contributed by atoms with van der Waals surface area (Å²) in [4.78, 5) is 23.0. The molecule has 1 aromatic carbocycles. The Kier molecular flexibility index (Phi) is 5.61. The number of pyridine rings is 1. The van der Waals surface area contributed by atoms with Gasteiger partial charge < -0.3 is 5.73 Å². The van der Waals surface area contributed by atoms with Gasteiger partial charge >= 0.3 is 0 Å². The number of amidine groups is 1. The van der Waals surface area contributed by atoms with Crippen LogP contribution < -0.4 is 5.73 Å². The minimum atomic E-state index is 0.123. The van der Waals surface area contributed by atoms with Gasteiger partial charge in [0, 0.05) is 29.7 Å². The van der Waals surface area contributed by atoms with Crippen LogP contribution in [-0.2, 0) is 5.41 Å². The van der Waals surface area contributed by atoms with Gasteiger partial charge in [-0.15, -0.1) is 11.3 Å². The van der Waals surface area contributed by atoms with Gasteiger partial charge in [-0.05, 0) is 36.1 Å². The fourth-order valence-electron chi connectivity index (χ4n) is 3.09. The summed E-state index contributed by atoms with van der Waals surface area (Å²) in [6.07, 6.45) is 5.04. The van der Waals surface area contributed by atoms with Crippen LogP contribution in [0.1, 0.15) is 37.6 Å². The third-order valence-corrected chi connectivity index (χ3v) is 6.08. The highest BCUT2D eigenvalue weighted by atomic mass is 32.1. The molecule has 0 aliphatic carbocycles. The smallest absolute Gasteiger partial charge is 0.251 e. The Hall–Kier alpha value is -3.45. The van der Waals surface area contributed by atoms with E-state index in [4.69, 9.17) is 10.7 Å². The number of aryl methyl sites for hydroxylation is 1. The second-order valence-corrected chi connectivity index (χ2v) is 9.24. The van der Waals surface area contributed by atoms with E-state index in [-0.39, 0.29) is 5.41 Å². The van der Waals surface area contributed by atoms with Gasteiger partial charge in [-0.1, -0.05) is 45.0 Å². The van der Waals surface area contributed by atoms with Crippen LogP contribution in [0.25, 0.3) is 21.1 Å². The molecule has 0 bridgehead atoms. The lowest BCUT2D eigenvalue weighted by atomic mass is 9.87. The summed E-state index contributed by atoms with van der Waals surface area (Å²) < 4.78 is 0. The van der Waals surface area contributed by atoms with Gasteiger partial charge in [0.15, 0.2) is 0 Å². The van der Waals surface area contributed by atoms with Gasteiger partial charge in [0.25, 0.3) is 5.95 Å². The van der Waals surface area contributed by atoms with Crippen LogP contribution in [-0.4, -0.2) is 25.8 Å². The molecule has 3 aromatic heterocycles. The first-order valence-corrected chi connectivity index (χ1v) is 10.8. The average molecular weight is 429 g/mol. The average Bonchev–Trinajstić information content (AvgIpc) is 3.16. The maximum absolute atomic E-state index is 6.09. The van der Waals surface area contributed by atoms with E-state index in [2.05, 4.69) is 65.0 Å². The summed E-state index contributed by atoms with van der Waals surface area (Å²) in [6.45, 7) is 8.63. The Morgan fingerprint density at radius 1 is 1.00 bits per heavy atom. The van der Waals surface area contributed by atoms with Gasteiger partial charge in [0.1, 0.15) is 10.8 Å². The van der Waals surface area contributed by atoms with Crippen molar-refractivity contribution in [2.75, 3.05) is 0 Å². The maximum Gasteiger partial charge on any atom is 0.251 e. The Bertz CT molecular complexity index is 1220. The molecule has 0 aliphatic heterocycles. The minimum Gasteiger partial charge on any atom is -0.383 e. The number of benzene rings is 1. The molecule has 6 nitrogen and oxygen atoms in total. The first-order chi connectivity index (χ1) is 14.8. The highest BCUT2D eigenvalue weighted by Crippen LogP contribution is 2.35. The quantitative estimate of drug-likeness (QED) is 0.352. The van der Waals surface area contributed by atoms with Crippen molar-refractivity contribution < 1.29 is 0 Å². The fraction of sp³-hybridized carbons (Fsp3) is 0.208. The second-order valence-electron chi connectivity index (χ2n) is 8.24. The molecule has 4 rings (SSSR count). The molecule has 0 atom stereocenters. The van der Waals surface area contributed by atoms with Crippen LogP contribution in [0.3, 0.4) is 0 Å². The minimum absolute atomic E-state index is 0.123. The maximum atomic E-state index is 6.09. The third-order valence-electron chi connectivity index (χ3n) is 4.85. The zero-order valence-electron chi connectivity index (χ0n) is 18.0. The lowest BCUT2D eigenvalue weighted by molar-refractivity contribution is 0.590. The predicted octanol–water partition coefficient (Wildman–Crippen LogP) is 5.31. The zero-order chi connectivity index (χ0) is 22.0. The Labute approximate surface area is 186 Å². The Morgan fingerprint density at radius 2 is 1.77 bits per heavy atom. The molecule has 0 aliphatic rings. The van der Waals surface area contributed by atoms with E-state index >= 15 is 0 Å². The van der Waals surface area contributed by atoms with Gasteiger partial charge in [-0.25, -0.2) is 15.0 Å². The van der Waals surface area contributed by atoms with Gasteiger partial charge in [0.2, 0.25) is 0 Å². The van der Waals surface area contributed by atoms with Crippen molar-refractivity contribution in [2.45, 2.75) is 33.1 Å². The van der Waals surface area contributed by atoms with Crippen LogP contribution in [0.15, 0.2) is 66.0 Å². The molecule has 0 radical (unpaired) electrons. The Balaban J connectivity index is 1.64. The molecular formula is C24H24N6S. The van der Waals surface area contributed by atoms with E-state index in [1.165, 1.54) is 5.56 Å². The number of thiazole rings is 1. The summed E-state index contributed by atoms with van der Waals surface area (Å²) in [7, 11) is 0. The van der Waals surface area contributed by atoms with E-state index < -0.39 is 0 Å². The highest BCUT2D eigenvalue weighted by molar-refractivity contribution is 7.18. The fourth-order valence-corrected chi connectivity index (χ4v) is 4.13. The number of hydrogen-bond acceptors (Lipinski definition) is 6. The molecule has 0 saturated carbocycles. The lowest BCUT2D eigenvalue weighted by Gasteiger charge is -2.18. The normalized spacial score (nSPS) is 12.2. The van der Waals surface area contributed by atoms with Gasteiger partial charge in [0.05, 0.1) is 16.3 Å². The first-order valence-electron chi connectivity index (χ1n) is 9.97. The molecule has 31 heavy (non-hydrogen) atoms. The summed E-state index contributed by atoms with van der Waals surface area (Å²) >= 11 is 1.61. The SMILES string of the molecule is Cc1nc(-c2ccc(C(C)(C)C)cc2)sc1-c1ccnc(N=C(N)c2cccnc2)n1. The van der Waals surface area contributed by atoms with E-state index in [0.29, 0.717) is 11.8 Å². The van der Waals surface area contributed by atoms with Crippen LogP contribution in [0.5, 0.6) is 0 Å².